The van der Waals surface area contributed by atoms with Gasteiger partial charge in [0.1, 0.15) is 0 Å². The molecule has 0 radical (unpaired) electrons. The molecule has 0 bridgehead atoms. The largest absolute Gasteiger partial charge is 0.342 e. The molecule has 1 atom stereocenters. The fourth-order valence-electron chi connectivity index (χ4n) is 2.38. The smallest absolute Gasteiger partial charge is 0.239 e. The Bertz CT molecular complexity index is 225. The number of piperidine rings is 1. The predicted octanol–water partition coefficient (Wildman–Crippen LogP) is -0.360. The van der Waals surface area contributed by atoms with Gasteiger partial charge in [-0.15, -0.1) is 0 Å². The SMILES string of the molecule is CCN1CCCC(N2CC(N)C2)C1=O. The summed E-state index contributed by atoms with van der Waals surface area (Å²) in [5.74, 6) is 0.311. The van der Waals surface area contributed by atoms with Gasteiger partial charge in [0.15, 0.2) is 0 Å². The van der Waals surface area contributed by atoms with Crippen LogP contribution in [0.1, 0.15) is 19.8 Å². The maximum atomic E-state index is 11.9. The van der Waals surface area contributed by atoms with Crippen LogP contribution in [-0.2, 0) is 4.79 Å². The van der Waals surface area contributed by atoms with E-state index in [4.69, 9.17) is 5.73 Å². The lowest BCUT2D eigenvalue weighted by atomic mass is 9.98. The first-order chi connectivity index (χ1) is 6.72. The highest BCUT2D eigenvalue weighted by molar-refractivity contribution is 5.82. The Morgan fingerprint density at radius 2 is 2.21 bits per heavy atom. The summed E-state index contributed by atoms with van der Waals surface area (Å²) in [7, 11) is 0. The molecule has 0 saturated carbocycles. The molecule has 2 N–H and O–H groups in total. The van der Waals surface area contributed by atoms with Crippen molar-refractivity contribution >= 4 is 5.91 Å². The van der Waals surface area contributed by atoms with E-state index in [2.05, 4.69) is 4.90 Å². The molecule has 1 unspecified atom stereocenters. The molecule has 0 aromatic carbocycles. The van der Waals surface area contributed by atoms with Crippen molar-refractivity contribution < 1.29 is 4.79 Å². The Morgan fingerprint density at radius 3 is 2.79 bits per heavy atom. The molecule has 2 heterocycles. The molecule has 4 heteroatoms. The van der Waals surface area contributed by atoms with Crippen molar-refractivity contribution in [3.05, 3.63) is 0 Å². The van der Waals surface area contributed by atoms with Crippen LogP contribution in [0.5, 0.6) is 0 Å². The van der Waals surface area contributed by atoms with Crippen molar-refractivity contribution in [3.63, 3.8) is 0 Å². The lowest BCUT2D eigenvalue weighted by molar-refractivity contribution is -0.142. The third-order valence-corrected chi connectivity index (χ3v) is 3.26. The Balaban J connectivity index is 1.94. The minimum atomic E-state index is 0.128. The zero-order chi connectivity index (χ0) is 10.1. The molecule has 2 rings (SSSR count). The highest BCUT2D eigenvalue weighted by Gasteiger charge is 2.37. The van der Waals surface area contributed by atoms with Gasteiger partial charge in [0, 0.05) is 32.2 Å². The lowest BCUT2D eigenvalue weighted by Crippen LogP contribution is -2.64. The van der Waals surface area contributed by atoms with E-state index in [1.807, 2.05) is 11.8 Å². The minimum absolute atomic E-state index is 0.128. The summed E-state index contributed by atoms with van der Waals surface area (Å²) in [6.45, 7) is 5.62. The second-order valence-electron chi connectivity index (χ2n) is 4.29. The standard InChI is InChI=1S/C10H19N3O/c1-2-12-5-3-4-9(10(12)14)13-6-8(11)7-13/h8-9H,2-7,11H2,1H3. The number of carbonyl (C=O) groups excluding carboxylic acids is 1. The molecule has 0 aromatic heterocycles. The molecule has 2 aliphatic heterocycles. The number of rotatable bonds is 2. The third kappa shape index (κ3) is 1.64. The van der Waals surface area contributed by atoms with Crippen molar-refractivity contribution in [2.24, 2.45) is 5.73 Å². The Kier molecular flexibility index (Phi) is 2.74. The first-order valence-corrected chi connectivity index (χ1v) is 5.50. The van der Waals surface area contributed by atoms with E-state index in [9.17, 15) is 4.79 Å². The van der Waals surface area contributed by atoms with Gasteiger partial charge in [0.25, 0.3) is 0 Å². The molecule has 2 fully saturated rings. The molecule has 0 spiro atoms. The first kappa shape index (κ1) is 9.93. The van der Waals surface area contributed by atoms with Crippen LogP contribution in [0.4, 0.5) is 0 Å². The van der Waals surface area contributed by atoms with Gasteiger partial charge < -0.3 is 10.6 Å². The summed E-state index contributed by atoms with van der Waals surface area (Å²) in [6.07, 6.45) is 2.15. The second-order valence-corrected chi connectivity index (χ2v) is 4.29. The Hall–Kier alpha value is -0.610. The topological polar surface area (TPSA) is 49.6 Å². The van der Waals surface area contributed by atoms with Crippen LogP contribution in [0.3, 0.4) is 0 Å². The Labute approximate surface area is 85.0 Å². The maximum Gasteiger partial charge on any atom is 0.239 e. The van der Waals surface area contributed by atoms with E-state index in [1.165, 1.54) is 0 Å². The van der Waals surface area contributed by atoms with Gasteiger partial charge in [-0.1, -0.05) is 0 Å². The molecule has 4 nitrogen and oxygen atoms in total. The number of likely N-dealkylation sites (N-methyl/N-ethyl adjacent to an activating group) is 1. The van der Waals surface area contributed by atoms with Crippen LogP contribution < -0.4 is 5.73 Å². The van der Waals surface area contributed by atoms with Gasteiger partial charge in [0.05, 0.1) is 6.04 Å². The number of carbonyl (C=O) groups is 1. The molecule has 14 heavy (non-hydrogen) atoms. The molecular weight excluding hydrogens is 178 g/mol. The minimum Gasteiger partial charge on any atom is -0.342 e. The molecule has 2 saturated heterocycles. The van der Waals surface area contributed by atoms with Crippen LogP contribution in [0.2, 0.25) is 0 Å². The van der Waals surface area contributed by atoms with Gasteiger partial charge in [-0.3, -0.25) is 9.69 Å². The molecule has 0 aliphatic carbocycles. The van der Waals surface area contributed by atoms with Crippen molar-refractivity contribution in [3.8, 4) is 0 Å². The highest BCUT2D eigenvalue weighted by Crippen LogP contribution is 2.21. The molecule has 0 aromatic rings. The van der Waals surface area contributed by atoms with Crippen LogP contribution in [0, 0.1) is 0 Å². The quantitative estimate of drug-likeness (QED) is 0.657. The number of hydrogen-bond donors (Lipinski definition) is 1. The van der Waals surface area contributed by atoms with E-state index in [-0.39, 0.29) is 6.04 Å². The maximum absolute atomic E-state index is 11.9. The fraction of sp³-hybridized carbons (Fsp3) is 0.900. The fourth-order valence-corrected chi connectivity index (χ4v) is 2.38. The average molecular weight is 197 g/mol. The number of likely N-dealkylation sites (tertiary alicyclic amines) is 2. The molecule has 80 valence electrons. The molecule has 2 aliphatic rings. The van der Waals surface area contributed by atoms with E-state index in [0.29, 0.717) is 11.9 Å². The van der Waals surface area contributed by atoms with Gasteiger partial charge >= 0.3 is 0 Å². The summed E-state index contributed by atoms with van der Waals surface area (Å²) in [5, 5.41) is 0. The second kappa shape index (κ2) is 3.87. The average Bonchev–Trinajstić information content (AvgIpc) is 2.14. The van der Waals surface area contributed by atoms with Gasteiger partial charge in [0.2, 0.25) is 5.91 Å². The van der Waals surface area contributed by atoms with Crippen LogP contribution >= 0.6 is 0 Å². The van der Waals surface area contributed by atoms with Crippen molar-refractivity contribution in [1.29, 1.82) is 0 Å². The monoisotopic (exact) mass is 197 g/mol. The van der Waals surface area contributed by atoms with E-state index >= 15 is 0 Å². The molecule has 1 amide bonds. The Morgan fingerprint density at radius 1 is 1.50 bits per heavy atom. The summed E-state index contributed by atoms with van der Waals surface area (Å²) in [6, 6.07) is 0.420. The predicted molar refractivity (Wildman–Crippen MR) is 54.8 cm³/mol. The molecular formula is C10H19N3O. The third-order valence-electron chi connectivity index (χ3n) is 3.26. The lowest BCUT2D eigenvalue weighted by Gasteiger charge is -2.45. The van der Waals surface area contributed by atoms with Crippen molar-refractivity contribution in [1.82, 2.24) is 9.80 Å². The number of nitrogens with zero attached hydrogens (tertiary/aromatic N) is 2. The number of nitrogens with two attached hydrogens (primary N) is 1. The summed E-state index contributed by atoms with van der Waals surface area (Å²) >= 11 is 0. The van der Waals surface area contributed by atoms with E-state index in [1.54, 1.807) is 0 Å². The van der Waals surface area contributed by atoms with Crippen LogP contribution in [0.25, 0.3) is 0 Å². The van der Waals surface area contributed by atoms with Crippen molar-refractivity contribution in [2.45, 2.75) is 31.8 Å². The zero-order valence-electron chi connectivity index (χ0n) is 8.78. The van der Waals surface area contributed by atoms with Gasteiger partial charge in [-0.2, -0.15) is 0 Å². The first-order valence-electron chi connectivity index (χ1n) is 5.50. The van der Waals surface area contributed by atoms with E-state index in [0.717, 1.165) is 39.0 Å². The summed E-state index contributed by atoms with van der Waals surface area (Å²) in [4.78, 5) is 16.1. The van der Waals surface area contributed by atoms with Gasteiger partial charge in [-0.05, 0) is 19.8 Å². The highest BCUT2D eigenvalue weighted by atomic mass is 16.2. The number of amides is 1. The van der Waals surface area contributed by atoms with Crippen molar-refractivity contribution in [2.75, 3.05) is 26.2 Å². The summed E-state index contributed by atoms with van der Waals surface area (Å²) < 4.78 is 0. The van der Waals surface area contributed by atoms with Crippen LogP contribution in [0.15, 0.2) is 0 Å². The van der Waals surface area contributed by atoms with Gasteiger partial charge in [-0.25, -0.2) is 0 Å². The summed E-state index contributed by atoms with van der Waals surface area (Å²) in [5.41, 5.74) is 5.72. The van der Waals surface area contributed by atoms with E-state index < -0.39 is 0 Å². The normalized spacial score (nSPS) is 30.6. The van der Waals surface area contributed by atoms with Crippen LogP contribution in [-0.4, -0.2) is 54.0 Å². The zero-order valence-corrected chi connectivity index (χ0v) is 8.78. The number of hydrogen-bond acceptors (Lipinski definition) is 3.